The zero-order chi connectivity index (χ0) is 10.9. The summed E-state index contributed by atoms with van der Waals surface area (Å²) in [6.45, 7) is 3.85. The molecule has 2 amide bonds. The Bertz CT molecular complexity index is 227. The molecule has 0 aliphatic carbocycles. The number of hydrogen-bond acceptors (Lipinski definition) is 2. The van der Waals surface area contributed by atoms with Gasteiger partial charge in [-0.3, -0.25) is 9.59 Å². The lowest BCUT2D eigenvalue weighted by Crippen LogP contribution is -2.61. The number of likely N-dealkylation sites (N-methyl/N-ethyl adjacent to an activating group) is 2. The first-order valence-corrected chi connectivity index (χ1v) is 5.07. The van der Waals surface area contributed by atoms with Gasteiger partial charge in [0.25, 0.3) is 0 Å². The monoisotopic (exact) mass is 198 g/mol. The topological polar surface area (TPSA) is 40.6 Å². The molecule has 0 radical (unpaired) electrons. The minimum atomic E-state index is -0.268. The van der Waals surface area contributed by atoms with Gasteiger partial charge in [-0.05, 0) is 12.8 Å². The van der Waals surface area contributed by atoms with Crippen molar-refractivity contribution in [2.75, 3.05) is 14.1 Å². The van der Waals surface area contributed by atoms with Gasteiger partial charge in [0.05, 0.1) is 0 Å². The SMILES string of the molecule is CC[C@@H]1C(=O)N(C)[C@@H](CC)C(=O)N1C. The van der Waals surface area contributed by atoms with Gasteiger partial charge in [0, 0.05) is 14.1 Å². The minimum absolute atomic E-state index is 0.0569. The summed E-state index contributed by atoms with van der Waals surface area (Å²) in [6, 6.07) is -0.536. The molecule has 14 heavy (non-hydrogen) atoms. The molecule has 0 saturated carbocycles. The normalized spacial score (nSPS) is 28.6. The fraction of sp³-hybridized carbons (Fsp3) is 0.800. The first kappa shape index (κ1) is 11.0. The van der Waals surface area contributed by atoms with Crippen LogP contribution in [0.1, 0.15) is 26.7 Å². The molecule has 1 aliphatic rings. The lowest BCUT2D eigenvalue weighted by molar-refractivity contribution is -0.158. The van der Waals surface area contributed by atoms with Gasteiger partial charge in [0.2, 0.25) is 11.8 Å². The molecule has 0 aromatic rings. The summed E-state index contributed by atoms with van der Waals surface area (Å²) < 4.78 is 0. The van der Waals surface area contributed by atoms with Gasteiger partial charge in [0.1, 0.15) is 12.1 Å². The Morgan fingerprint density at radius 1 is 0.929 bits per heavy atom. The maximum atomic E-state index is 11.8. The van der Waals surface area contributed by atoms with Crippen LogP contribution in [0, 0.1) is 0 Å². The standard InChI is InChI=1S/C10H18N2O2/c1-5-7-9(13)12(4)8(6-2)10(14)11(7)3/h7-8H,5-6H2,1-4H3/t7-,8+. The van der Waals surface area contributed by atoms with E-state index in [9.17, 15) is 9.59 Å². The number of piperazine rings is 1. The lowest BCUT2D eigenvalue weighted by Gasteiger charge is -2.41. The number of rotatable bonds is 2. The summed E-state index contributed by atoms with van der Waals surface area (Å²) in [5.41, 5.74) is 0. The van der Waals surface area contributed by atoms with Gasteiger partial charge < -0.3 is 9.80 Å². The number of carbonyl (C=O) groups is 2. The highest BCUT2D eigenvalue weighted by atomic mass is 16.2. The Hall–Kier alpha value is -1.06. The van der Waals surface area contributed by atoms with E-state index in [0.29, 0.717) is 12.8 Å². The molecular weight excluding hydrogens is 180 g/mol. The maximum absolute atomic E-state index is 11.8. The zero-order valence-electron chi connectivity index (χ0n) is 9.28. The second-order valence-corrected chi connectivity index (χ2v) is 3.75. The molecule has 0 bridgehead atoms. The van der Waals surface area contributed by atoms with Crippen molar-refractivity contribution in [1.82, 2.24) is 9.80 Å². The van der Waals surface area contributed by atoms with Crippen molar-refractivity contribution in [2.45, 2.75) is 38.8 Å². The van der Waals surface area contributed by atoms with E-state index in [1.54, 1.807) is 23.9 Å². The molecular formula is C10H18N2O2. The fourth-order valence-corrected chi connectivity index (χ4v) is 2.01. The van der Waals surface area contributed by atoms with Crippen LogP contribution in [0.2, 0.25) is 0 Å². The Morgan fingerprint density at radius 2 is 1.21 bits per heavy atom. The third kappa shape index (κ3) is 1.49. The van der Waals surface area contributed by atoms with Crippen LogP contribution in [0.15, 0.2) is 0 Å². The van der Waals surface area contributed by atoms with Gasteiger partial charge in [-0.1, -0.05) is 13.8 Å². The van der Waals surface area contributed by atoms with E-state index >= 15 is 0 Å². The van der Waals surface area contributed by atoms with Gasteiger partial charge in [0.15, 0.2) is 0 Å². The molecule has 1 saturated heterocycles. The summed E-state index contributed by atoms with van der Waals surface area (Å²) in [5, 5.41) is 0. The molecule has 0 spiro atoms. The number of nitrogens with zero attached hydrogens (tertiary/aromatic N) is 2. The predicted octanol–water partition coefficient (Wildman–Crippen LogP) is 0.474. The Balaban J connectivity index is 2.93. The van der Waals surface area contributed by atoms with Crippen LogP contribution < -0.4 is 0 Å². The smallest absolute Gasteiger partial charge is 0.245 e. The molecule has 0 unspecified atom stereocenters. The minimum Gasteiger partial charge on any atom is -0.332 e. The van der Waals surface area contributed by atoms with E-state index in [-0.39, 0.29) is 23.9 Å². The largest absolute Gasteiger partial charge is 0.332 e. The molecule has 4 nitrogen and oxygen atoms in total. The van der Waals surface area contributed by atoms with Crippen LogP contribution in [-0.2, 0) is 9.59 Å². The third-order valence-electron chi connectivity index (χ3n) is 2.97. The van der Waals surface area contributed by atoms with Crippen molar-refractivity contribution in [2.24, 2.45) is 0 Å². The van der Waals surface area contributed by atoms with Crippen molar-refractivity contribution in [1.29, 1.82) is 0 Å². The van der Waals surface area contributed by atoms with Crippen LogP contribution in [0.3, 0.4) is 0 Å². The van der Waals surface area contributed by atoms with Crippen molar-refractivity contribution in [3.05, 3.63) is 0 Å². The zero-order valence-corrected chi connectivity index (χ0v) is 9.28. The number of amides is 2. The van der Waals surface area contributed by atoms with Crippen molar-refractivity contribution >= 4 is 11.8 Å². The Labute approximate surface area is 84.9 Å². The molecule has 2 atom stereocenters. The molecule has 1 aliphatic heterocycles. The average Bonchev–Trinajstić information content (AvgIpc) is 2.17. The molecule has 1 heterocycles. The summed E-state index contributed by atoms with van der Waals surface area (Å²) in [5.74, 6) is 0.114. The van der Waals surface area contributed by atoms with Gasteiger partial charge in [-0.2, -0.15) is 0 Å². The fourth-order valence-electron chi connectivity index (χ4n) is 2.01. The molecule has 0 N–H and O–H groups in total. The van der Waals surface area contributed by atoms with Crippen molar-refractivity contribution in [3.63, 3.8) is 0 Å². The molecule has 0 aromatic heterocycles. The number of hydrogen-bond donors (Lipinski definition) is 0. The van der Waals surface area contributed by atoms with Crippen LogP contribution in [0.5, 0.6) is 0 Å². The molecule has 1 fully saturated rings. The first-order valence-electron chi connectivity index (χ1n) is 5.07. The van der Waals surface area contributed by atoms with Crippen molar-refractivity contribution < 1.29 is 9.59 Å². The highest BCUT2D eigenvalue weighted by molar-refractivity contribution is 5.96. The molecule has 0 aromatic carbocycles. The van der Waals surface area contributed by atoms with E-state index in [1.807, 2.05) is 13.8 Å². The van der Waals surface area contributed by atoms with Gasteiger partial charge in [-0.25, -0.2) is 0 Å². The van der Waals surface area contributed by atoms with Crippen LogP contribution >= 0.6 is 0 Å². The highest BCUT2D eigenvalue weighted by Gasteiger charge is 2.40. The van der Waals surface area contributed by atoms with Gasteiger partial charge >= 0.3 is 0 Å². The summed E-state index contributed by atoms with van der Waals surface area (Å²) in [7, 11) is 3.42. The van der Waals surface area contributed by atoms with Crippen LogP contribution in [0.25, 0.3) is 0 Å². The summed E-state index contributed by atoms with van der Waals surface area (Å²) in [6.07, 6.45) is 1.36. The number of carbonyl (C=O) groups excluding carboxylic acids is 2. The average molecular weight is 198 g/mol. The molecule has 1 rings (SSSR count). The Kier molecular flexibility index (Phi) is 3.13. The second kappa shape index (κ2) is 3.98. The third-order valence-corrected chi connectivity index (χ3v) is 2.97. The lowest BCUT2D eigenvalue weighted by atomic mass is 10.0. The van der Waals surface area contributed by atoms with E-state index in [0.717, 1.165) is 0 Å². The highest BCUT2D eigenvalue weighted by Crippen LogP contribution is 2.18. The summed E-state index contributed by atoms with van der Waals surface area (Å²) >= 11 is 0. The second-order valence-electron chi connectivity index (χ2n) is 3.75. The quantitative estimate of drug-likeness (QED) is 0.647. The Morgan fingerprint density at radius 3 is 1.43 bits per heavy atom. The maximum Gasteiger partial charge on any atom is 0.245 e. The summed E-state index contributed by atoms with van der Waals surface area (Å²) in [4.78, 5) is 26.8. The van der Waals surface area contributed by atoms with Gasteiger partial charge in [-0.15, -0.1) is 0 Å². The van der Waals surface area contributed by atoms with Crippen LogP contribution in [0.4, 0.5) is 0 Å². The van der Waals surface area contributed by atoms with Crippen LogP contribution in [-0.4, -0.2) is 47.8 Å². The molecule has 4 heteroatoms. The van der Waals surface area contributed by atoms with E-state index in [2.05, 4.69) is 0 Å². The molecule has 80 valence electrons. The van der Waals surface area contributed by atoms with E-state index in [4.69, 9.17) is 0 Å². The van der Waals surface area contributed by atoms with E-state index < -0.39 is 0 Å². The van der Waals surface area contributed by atoms with Crippen molar-refractivity contribution in [3.8, 4) is 0 Å². The van der Waals surface area contributed by atoms with E-state index in [1.165, 1.54) is 0 Å². The first-order chi connectivity index (χ1) is 6.54. The predicted molar refractivity (Wildman–Crippen MR) is 53.7 cm³/mol.